The van der Waals surface area contributed by atoms with Gasteiger partial charge in [-0.3, -0.25) is 9.78 Å². The van der Waals surface area contributed by atoms with Gasteiger partial charge in [0.25, 0.3) is 0 Å². The minimum atomic E-state index is -0.498. The Morgan fingerprint density at radius 2 is 2.12 bits per heavy atom. The smallest absolute Gasteiger partial charge is 0.250 e. The Balaban J connectivity index is 2.43. The van der Waals surface area contributed by atoms with Crippen LogP contribution in [0.15, 0.2) is 36.7 Å². The van der Waals surface area contributed by atoms with Gasteiger partial charge in [0.05, 0.1) is 23.9 Å². The number of primary amides is 1. The first-order valence-corrected chi connectivity index (χ1v) is 4.97. The third-order valence-corrected chi connectivity index (χ3v) is 2.29. The largest absolute Gasteiger partial charge is 0.481 e. The topological polar surface area (TPSA) is 78.1 Å². The number of hydrogen-bond acceptors (Lipinski definition) is 4. The Morgan fingerprint density at radius 3 is 2.71 bits per heavy atom. The van der Waals surface area contributed by atoms with Gasteiger partial charge in [-0.05, 0) is 24.3 Å². The highest BCUT2D eigenvalue weighted by molar-refractivity contribution is 5.92. The number of aromatic nitrogens is 2. The lowest BCUT2D eigenvalue weighted by molar-refractivity contribution is 0.1000. The molecule has 2 rings (SSSR count). The number of ether oxygens (including phenoxy) is 1. The molecule has 2 aromatic rings. The van der Waals surface area contributed by atoms with Crippen LogP contribution in [0.3, 0.4) is 0 Å². The molecule has 1 amide bonds. The highest BCUT2D eigenvalue weighted by atomic mass is 16.5. The first kappa shape index (κ1) is 11.1. The number of amides is 1. The summed E-state index contributed by atoms with van der Waals surface area (Å²) in [4.78, 5) is 19.2. The normalized spacial score (nSPS) is 9.94. The third kappa shape index (κ3) is 2.23. The van der Waals surface area contributed by atoms with Crippen LogP contribution in [0.1, 0.15) is 10.4 Å². The third-order valence-electron chi connectivity index (χ3n) is 2.29. The van der Waals surface area contributed by atoms with Gasteiger partial charge in [0.1, 0.15) is 0 Å². The number of rotatable bonds is 3. The number of methoxy groups -OCH3 is 1. The van der Waals surface area contributed by atoms with Gasteiger partial charge in [0.15, 0.2) is 0 Å². The van der Waals surface area contributed by atoms with Crippen LogP contribution in [0.25, 0.3) is 11.3 Å². The number of pyridine rings is 2. The summed E-state index contributed by atoms with van der Waals surface area (Å²) in [7, 11) is 1.55. The lowest BCUT2D eigenvalue weighted by atomic mass is 10.1. The standard InChI is InChI=1S/C12H11N3O2/c1-17-12-9(3-2-6-14-12)10-5-4-8(7-15-10)11(13)16/h2-7H,1H3,(H2,13,16). The van der Waals surface area contributed by atoms with Crippen LogP contribution in [0, 0.1) is 0 Å². The lowest BCUT2D eigenvalue weighted by Crippen LogP contribution is -2.11. The Morgan fingerprint density at radius 1 is 1.29 bits per heavy atom. The summed E-state index contributed by atoms with van der Waals surface area (Å²) < 4.78 is 5.13. The zero-order valence-corrected chi connectivity index (χ0v) is 9.25. The van der Waals surface area contributed by atoms with E-state index in [2.05, 4.69) is 9.97 Å². The second-order valence-electron chi connectivity index (χ2n) is 3.36. The highest BCUT2D eigenvalue weighted by Gasteiger charge is 2.08. The van der Waals surface area contributed by atoms with Crippen molar-refractivity contribution in [3.63, 3.8) is 0 Å². The fourth-order valence-electron chi connectivity index (χ4n) is 1.45. The van der Waals surface area contributed by atoms with Gasteiger partial charge in [-0.25, -0.2) is 4.98 Å². The van der Waals surface area contributed by atoms with Crippen molar-refractivity contribution in [2.45, 2.75) is 0 Å². The summed E-state index contributed by atoms with van der Waals surface area (Å²) in [6, 6.07) is 6.97. The molecule has 0 spiro atoms. The molecule has 0 fully saturated rings. The van der Waals surface area contributed by atoms with E-state index in [0.29, 0.717) is 17.1 Å². The summed E-state index contributed by atoms with van der Waals surface area (Å²) in [6.45, 7) is 0. The quantitative estimate of drug-likeness (QED) is 0.859. The molecule has 0 unspecified atom stereocenters. The van der Waals surface area contributed by atoms with Crippen LogP contribution in [-0.4, -0.2) is 23.0 Å². The van der Waals surface area contributed by atoms with E-state index in [9.17, 15) is 4.79 Å². The molecule has 0 aliphatic heterocycles. The second-order valence-corrected chi connectivity index (χ2v) is 3.36. The van der Waals surface area contributed by atoms with Crippen molar-refractivity contribution in [2.75, 3.05) is 7.11 Å². The molecule has 2 heterocycles. The minimum Gasteiger partial charge on any atom is -0.481 e. The number of nitrogens with zero attached hydrogens (tertiary/aromatic N) is 2. The van der Waals surface area contributed by atoms with E-state index >= 15 is 0 Å². The van der Waals surface area contributed by atoms with Gasteiger partial charge >= 0.3 is 0 Å². The summed E-state index contributed by atoms with van der Waals surface area (Å²) in [5.41, 5.74) is 6.96. The first-order chi connectivity index (χ1) is 8.22. The number of carbonyl (C=O) groups excluding carboxylic acids is 1. The predicted molar refractivity (Wildman–Crippen MR) is 62.5 cm³/mol. The maximum absolute atomic E-state index is 10.9. The summed E-state index contributed by atoms with van der Waals surface area (Å²) in [5.74, 6) is -0.00553. The number of carbonyl (C=O) groups is 1. The van der Waals surface area contributed by atoms with E-state index in [0.717, 1.165) is 5.56 Å². The van der Waals surface area contributed by atoms with Crippen LogP contribution in [-0.2, 0) is 0 Å². The molecule has 17 heavy (non-hydrogen) atoms. The fraction of sp³-hybridized carbons (Fsp3) is 0.0833. The molecule has 2 N–H and O–H groups in total. The maximum Gasteiger partial charge on any atom is 0.250 e. The summed E-state index contributed by atoms with van der Waals surface area (Å²) in [6.07, 6.45) is 3.07. The molecule has 0 aromatic carbocycles. The molecule has 0 bridgehead atoms. The van der Waals surface area contributed by atoms with Crippen molar-refractivity contribution >= 4 is 5.91 Å². The van der Waals surface area contributed by atoms with Crippen LogP contribution >= 0.6 is 0 Å². The van der Waals surface area contributed by atoms with Crippen LogP contribution in [0.4, 0.5) is 0 Å². The molecule has 0 saturated heterocycles. The molecule has 0 aliphatic rings. The lowest BCUT2D eigenvalue weighted by Gasteiger charge is -2.06. The van der Waals surface area contributed by atoms with E-state index in [-0.39, 0.29) is 0 Å². The zero-order chi connectivity index (χ0) is 12.3. The Labute approximate surface area is 98.3 Å². The SMILES string of the molecule is COc1ncccc1-c1ccc(C(N)=O)cn1. The van der Waals surface area contributed by atoms with Crippen molar-refractivity contribution in [3.8, 4) is 17.1 Å². The Kier molecular flexibility index (Phi) is 3.00. The average molecular weight is 229 g/mol. The first-order valence-electron chi connectivity index (χ1n) is 4.97. The van der Waals surface area contributed by atoms with Crippen LogP contribution < -0.4 is 10.5 Å². The van der Waals surface area contributed by atoms with E-state index in [1.165, 1.54) is 6.20 Å². The van der Waals surface area contributed by atoms with Crippen LogP contribution in [0.2, 0.25) is 0 Å². The maximum atomic E-state index is 10.9. The monoisotopic (exact) mass is 229 g/mol. The molecular weight excluding hydrogens is 218 g/mol. The van der Waals surface area contributed by atoms with E-state index in [4.69, 9.17) is 10.5 Å². The van der Waals surface area contributed by atoms with Crippen molar-refractivity contribution in [2.24, 2.45) is 5.73 Å². The van der Waals surface area contributed by atoms with Crippen molar-refractivity contribution in [1.29, 1.82) is 0 Å². The second kappa shape index (κ2) is 4.61. The number of nitrogens with two attached hydrogens (primary N) is 1. The van der Waals surface area contributed by atoms with Gasteiger partial charge < -0.3 is 10.5 Å². The van der Waals surface area contributed by atoms with E-state index < -0.39 is 5.91 Å². The van der Waals surface area contributed by atoms with E-state index in [1.807, 2.05) is 6.07 Å². The van der Waals surface area contributed by atoms with Crippen LogP contribution in [0.5, 0.6) is 5.88 Å². The van der Waals surface area contributed by atoms with Crippen molar-refractivity contribution in [1.82, 2.24) is 9.97 Å². The van der Waals surface area contributed by atoms with Gasteiger partial charge in [0, 0.05) is 12.4 Å². The molecule has 0 aliphatic carbocycles. The van der Waals surface area contributed by atoms with Gasteiger partial charge in [-0.2, -0.15) is 0 Å². The van der Waals surface area contributed by atoms with Crippen molar-refractivity contribution < 1.29 is 9.53 Å². The number of hydrogen-bond donors (Lipinski definition) is 1. The summed E-state index contributed by atoms with van der Waals surface area (Å²) >= 11 is 0. The molecular formula is C12H11N3O2. The fourth-order valence-corrected chi connectivity index (χ4v) is 1.45. The Hall–Kier alpha value is -2.43. The summed E-state index contributed by atoms with van der Waals surface area (Å²) in [5, 5.41) is 0. The van der Waals surface area contributed by atoms with Gasteiger partial charge in [-0.15, -0.1) is 0 Å². The molecule has 5 heteroatoms. The average Bonchev–Trinajstić information content (AvgIpc) is 2.39. The van der Waals surface area contributed by atoms with Gasteiger partial charge in [0.2, 0.25) is 11.8 Å². The van der Waals surface area contributed by atoms with Gasteiger partial charge in [-0.1, -0.05) is 0 Å². The Bertz CT molecular complexity index is 538. The minimum absolute atomic E-state index is 0.372. The molecule has 86 valence electrons. The molecule has 0 saturated carbocycles. The molecule has 5 nitrogen and oxygen atoms in total. The van der Waals surface area contributed by atoms with E-state index in [1.54, 1.807) is 31.5 Å². The molecule has 0 radical (unpaired) electrons. The predicted octanol–water partition coefficient (Wildman–Crippen LogP) is 1.25. The van der Waals surface area contributed by atoms with Crippen molar-refractivity contribution in [3.05, 3.63) is 42.2 Å². The molecule has 2 aromatic heterocycles. The molecule has 0 atom stereocenters. The zero-order valence-electron chi connectivity index (χ0n) is 9.25. The highest BCUT2D eigenvalue weighted by Crippen LogP contribution is 2.25.